The summed E-state index contributed by atoms with van der Waals surface area (Å²) in [4.78, 5) is 17.7. The average Bonchev–Trinajstić information content (AvgIpc) is 2.40. The number of carbonyl (C=O) groups is 1. The molecule has 1 aromatic carbocycles. The second-order valence-corrected chi connectivity index (χ2v) is 4.03. The number of carbonyl (C=O) groups excluding carboxylic acids is 1. The van der Waals surface area contributed by atoms with E-state index in [2.05, 4.69) is 15.3 Å². The van der Waals surface area contributed by atoms with Gasteiger partial charge in [-0.25, -0.2) is 4.98 Å². The van der Waals surface area contributed by atoms with E-state index in [-0.39, 0.29) is 11.7 Å². The van der Waals surface area contributed by atoms with Gasteiger partial charge in [-0.1, -0.05) is 0 Å². The van der Waals surface area contributed by atoms with Crippen molar-refractivity contribution in [3.05, 3.63) is 42.2 Å². The van der Waals surface area contributed by atoms with E-state index in [1.165, 1.54) is 19.1 Å². The molecule has 0 saturated carbocycles. The molecule has 21 heavy (non-hydrogen) atoms. The summed E-state index contributed by atoms with van der Waals surface area (Å²) in [6, 6.07) is 6.41. The van der Waals surface area contributed by atoms with E-state index in [1.54, 1.807) is 12.1 Å². The van der Waals surface area contributed by atoms with E-state index in [4.69, 9.17) is 4.74 Å². The van der Waals surface area contributed by atoms with E-state index >= 15 is 0 Å². The highest BCUT2D eigenvalue weighted by Gasteiger charge is 2.33. The van der Waals surface area contributed by atoms with Crippen molar-refractivity contribution in [3.8, 4) is 11.8 Å². The molecule has 0 spiro atoms. The third-order valence-corrected chi connectivity index (χ3v) is 2.31. The Morgan fingerprint density at radius 3 is 2.43 bits per heavy atom. The zero-order valence-electron chi connectivity index (χ0n) is 10.8. The fourth-order valence-corrected chi connectivity index (χ4v) is 1.46. The van der Waals surface area contributed by atoms with Crippen LogP contribution in [0.15, 0.2) is 36.5 Å². The molecule has 0 aliphatic heterocycles. The maximum Gasteiger partial charge on any atom is 0.433 e. The van der Waals surface area contributed by atoms with Gasteiger partial charge < -0.3 is 10.1 Å². The third kappa shape index (κ3) is 4.16. The van der Waals surface area contributed by atoms with Crippen LogP contribution in [0, 0.1) is 0 Å². The Morgan fingerprint density at radius 1 is 1.19 bits per heavy atom. The lowest BCUT2D eigenvalue weighted by Crippen LogP contribution is -2.09. The fourth-order valence-electron chi connectivity index (χ4n) is 1.46. The van der Waals surface area contributed by atoms with Crippen LogP contribution in [0.4, 0.5) is 18.9 Å². The minimum Gasteiger partial charge on any atom is -0.424 e. The predicted molar refractivity (Wildman–Crippen MR) is 67.9 cm³/mol. The number of halogens is 3. The van der Waals surface area contributed by atoms with Crippen molar-refractivity contribution in [1.82, 2.24) is 9.97 Å². The summed E-state index contributed by atoms with van der Waals surface area (Å²) in [6.07, 6.45) is -3.59. The number of rotatable bonds is 3. The van der Waals surface area contributed by atoms with Gasteiger partial charge in [0.2, 0.25) is 5.91 Å². The lowest BCUT2D eigenvalue weighted by molar-refractivity contribution is -0.141. The molecular formula is C13H10F3N3O2. The number of anilines is 1. The number of alkyl halides is 3. The molecule has 0 atom stereocenters. The van der Waals surface area contributed by atoms with Gasteiger partial charge in [0, 0.05) is 18.8 Å². The van der Waals surface area contributed by atoms with Crippen LogP contribution in [0.1, 0.15) is 12.6 Å². The molecular weight excluding hydrogens is 287 g/mol. The molecule has 0 radical (unpaired) electrons. The van der Waals surface area contributed by atoms with Gasteiger partial charge in [-0.3, -0.25) is 4.79 Å². The van der Waals surface area contributed by atoms with Crippen molar-refractivity contribution in [2.24, 2.45) is 0 Å². The van der Waals surface area contributed by atoms with Crippen LogP contribution in [0.5, 0.6) is 11.8 Å². The molecule has 1 aromatic heterocycles. The topological polar surface area (TPSA) is 64.1 Å². The molecule has 0 aliphatic carbocycles. The van der Waals surface area contributed by atoms with Crippen LogP contribution < -0.4 is 10.1 Å². The van der Waals surface area contributed by atoms with Crippen molar-refractivity contribution in [2.45, 2.75) is 13.1 Å². The van der Waals surface area contributed by atoms with Gasteiger partial charge in [0.05, 0.1) is 0 Å². The first-order chi connectivity index (χ1) is 9.84. The Labute approximate surface area is 117 Å². The molecule has 0 fully saturated rings. The predicted octanol–water partition coefficient (Wildman–Crippen LogP) is 3.25. The number of hydrogen-bond donors (Lipinski definition) is 1. The van der Waals surface area contributed by atoms with Crippen LogP contribution in [0.25, 0.3) is 0 Å². The minimum atomic E-state index is -4.56. The Morgan fingerprint density at radius 2 is 1.86 bits per heavy atom. The maximum atomic E-state index is 12.5. The van der Waals surface area contributed by atoms with Crippen molar-refractivity contribution in [2.75, 3.05) is 5.32 Å². The number of aromatic nitrogens is 2. The molecule has 0 bridgehead atoms. The summed E-state index contributed by atoms with van der Waals surface area (Å²) in [5, 5.41) is 2.55. The standard InChI is InChI=1S/C13H10F3N3O2/c1-8(20)18-9-2-4-10(5-3-9)21-12-17-7-6-11(19-12)13(14,15)16/h2-7H,1H3,(H,18,20). The lowest BCUT2D eigenvalue weighted by atomic mass is 10.3. The Hall–Kier alpha value is -2.64. The van der Waals surface area contributed by atoms with Gasteiger partial charge in [-0.05, 0) is 30.3 Å². The van der Waals surface area contributed by atoms with Crippen LogP contribution in [-0.4, -0.2) is 15.9 Å². The highest BCUT2D eigenvalue weighted by Crippen LogP contribution is 2.29. The van der Waals surface area contributed by atoms with Gasteiger partial charge >= 0.3 is 12.2 Å². The number of nitrogens with one attached hydrogen (secondary N) is 1. The van der Waals surface area contributed by atoms with Gasteiger partial charge in [0.25, 0.3) is 0 Å². The first-order valence-corrected chi connectivity index (χ1v) is 5.80. The lowest BCUT2D eigenvalue weighted by Gasteiger charge is -2.08. The summed E-state index contributed by atoms with van der Waals surface area (Å²) in [7, 11) is 0. The molecule has 5 nitrogen and oxygen atoms in total. The summed E-state index contributed by atoms with van der Waals surface area (Å²) >= 11 is 0. The van der Waals surface area contributed by atoms with Crippen LogP contribution in [0.2, 0.25) is 0 Å². The highest BCUT2D eigenvalue weighted by molar-refractivity contribution is 5.88. The van der Waals surface area contributed by atoms with Gasteiger partial charge in [-0.15, -0.1) is 0 Å². The second-order valence-electron chi connectivity index (χ2n) is 4.03. The Bertz CT molecular complexity index is 642. The number of amides is 1. The SMILES string of the molecule is CC(=O)Nc1ccc(Oc2nccc(C(F)(F)F)n2)cc1. The number of hydrogen-bond acceptors (Lipinski definition) is 4. The van der Waals surface area contributed by atoms with E-state index < -0.39 is 17.9 Å². The van der Waals surface area contributed by atoms with Crippen molar-refractivity contribution in [3.63, 3.8) is 0 Å². The zero-order chi connectivity index (χ0) is 15.5. The van der Waals surface area contributed by atoms with Crippen molar-refractivity contribution < 1.29 is 22.7 Å². The quantitative estimate of drug-likeness (QED) is 0.944. The fraction of sp³-hybridized carbons (Fsp3) is 0.154. The summed E-state index contributed by atoms with van der Waals surface area (Å²) in [6.45, 7) is 1.36. The van der Waals surface area contributed by atoms with Crippen molar-refractivity contribution >= 4 is 11.6 Å². The molecule has 0 saturated heterocycles. The van der Waals surface area contributed by atoms with E-state index in [0.29, 0.717) is 5.69 Å². The van der Waals surface area contributed by atoms with Crippen LogP contribution in [-0.2, 0) is 11.0 Å². The highest BCUT2D eigenvalue weighted by atomic mass is 19.4. The smallest absolute Gasteiger partial charge is 0.424 e. The summed E-state index contributed by atoms with van der Waals surface area (Å²) in [5.74, 6) is 0.0216. The first-order valence-electron chi connectivity index (χ1n) is 5.80. The molecule has 1 amide bonds. The largest absolute Gasteiger partial charge is 0.433 e. The molecule has 2 aromatic rings. The zero-order valence-corrected chi connectivity index (χ0v) is 10.8. The molecule has 0 unspecified atom stereocenters. The maximum absolute atomic E-state index is 12.5. The normalized spacial score (nSPS) is 11.0. The number of ether oxygens (including phenoxy) is 1. The summed E-state index contributed by atoms with van der Waals surface area (Å²) in [5.41, 5.74) is -0.540. The van der Waals surface area contributed by atoms with Gasteiger partial charge in [-0.2, -0.15) is 18.2 Å². The number of benzene rings is 1. The van der Waals surface area contributed by atoms with Gasteiger partial charge in [0.15, 0.2) is 5.69 Å². The third-order valence-electron chi connectivity index (χ3n) is 2.31. The molecule has 8 heteroatoms. The van der Waals surface area contributed by atoms with Crippen LogP contribution >= 0.6 is 0 Å². The minimum absolute atomic E-state index is 0.232. The molecule has 1 heterocycles. The molecule has 1 N–H and O–H groups in total. The summed E-state index contributed by atoms with van der Waals surface area (Å²) < 4.78 is 42.6. The molecule has 0 aliphatic rings. The first kappa shape index (κ1) is 14.8. The van der Waals surface area contributed by atoms with E-state index in [9.17, 15) is 18.0 Å². The van der Waals surface area contributed by atoms with Crippen molar-refractivity contribution in [1.29, 1.82) is 0 Å². The van der Waals surface area contributed by atoms with Crippen LogP contribution in [0.3, 0.4) is 0 Å². The average molecular weight is 297 g/mol. The number of nitrogens with zero attached hydrogens (tertiary/aromatic N) is 2. The monoisotopic (exact) mass is 297 g/mol. The van der Waals surface area contributed by atoms with E-state index in [1.807, 2.05) is 0 Å². The molecule has 110 valence electrons. The Kier molecular flexibility index (Phi) is 4.06. The molecule has 2 rings (SSSR count). The Balaban J connectivity index is 2.13. The van der Waals surface area contributed by atoms with Gasteiger partial charge in [0.1, 0.15) is 5.75 Å². The van der Waals surface area contributed by atoms with E-state index in [0.717, 1.165) is 12.3 Å². The second kappa shape index (κ2) is 5.78.